The highest BCUT2D eigenvalue weighted by Crippen LogP contribution is 2.39. The second kappa shape index (κ2) is 3.70. The molecule has 0 radical (unpaired) electrons. The first-order valence-electron chi connectivity index (χ1n) is 5.33. The summed E-state index contributed by atoms with van der Waals surface area (Å²) in [6.45, 7) is 4.24. The van der Waals surface area contributed by atoms with Crippen molar-refractivity contribution in [3.63, 3.8) is 0 Å². The zero-order chi connectivity index (χ0) is 11.9. The highest BCUT2D eigenvalue weighted by molar-refractivity contribution is 5.98. The molecule has 4 heteroatoms. The lowest BCUT2D eigenvalue weighted by molar-refractivity contribution is -0.120. The summed E-state index contributed by atoms with van der Waals surface area (Å²) in [5.41, 5.74) is 8.40. The van der Waals surface area contributed by atoms with Crippen molar-refractivity contribution >= 4 is 17.3 Å². The molecule has 2 rings (SSSR count). The SMILES string of the molecule is CC(C)c1cc(N)c2c(c1)N(C)C(=O)CO2. The lowest BCUT2D eigenvalue weighted by Gasteiger charge is -2.28. The van der Waals surface area contributed by atoms with E-state index in [-0.39, 0.29) is 12.5 Å². The summed E-state index contributed by atoms with van der Waals surface area (Å²) in [6.07, 6.45) is 0. The lowest BCUT2D eigenvalue weighted by Crippen LogP contribution is -2.35. The minimum absolute atomic E-state index is 0.0483. The monoisotopic (exact) mass is 220 g/mol. The fourth-order valence-electron chi connectivity index (χ4n) is 1.76. The number of benzene rings is 1. The maximum atomic E-state index is 11.5. The molecule has 0 aliphatic carbocycles. The van der Waals surface area contributed by atoms with Gasteiger partial charge >= 0.3 is 0 Å². The molecule has 0 bridgehead atoms. The molecule has 86 valence electrons. The van der Waals surface area contributed by atoms with Gasteiger partial charge in [-0.25, -0.2) is 0 Å². The van der Waals surface area contributed by atoms with E-state index in [9.17, 15) is 4.79 Å². The molecule has 1 heterocycles. The number of anilines is 2. The molecule has 1 aromatic carbocycles. The van der Waals surface area contributed by atoms with E-state index >= 15 is 0 Å². The number of nitrogen functional groups attached to an aromatic ring is 1. The Morgan fingerprint density at radius 3 is 2.75 bits per heavy atom. The maximum Gasteiger partial charge on any atom is 0.264 e. The standard InChI is InChI=1S/C12H16N2O2/c1-7(2)8-4-9(13)12-10(5-8)14(3)11(15)6-16-12/h4-5,7H,6,13H2,1-3H3. The summed E-state index contributed by atoms with van der Waals surface area (Å²) in [6, 6.07) is 3.88. The molecule has 0 unspecified atom stereocenters. The van der Waals surface area contributed by atoms with Crippen LogP contribution < -0.4 is 15.4 Å². The van der Waals surface area contributed by atoms with E-state index < -0.39 is 0 Å². The van der Waals surface area contributed by atoms with Gasteiger partial charge in [0.25, 0.3) is 5.91 Å². The molecule has 16 heavy (non-hydrogen) atoms. The Bertz CT molecular complexity index is 441. The highest BCUT2D eigenvalue weighted by Gasteiger charge is 2.24. The van der Waals surface area contributed by atoms with E-state index in [1.165, 1.54) is 0 Å². The Morgan fingerprint density at radius 1 is 1.44 bits per heavy atom. The fourth-order valence-corrected chi connectivity index (χ4v) is 1.76. The number of likely N-dealkylation sites (N-methyl/N-ethyl adjacent to an activating group) is 1. The number of nitrogens with zero attached hydrogens (tertiary/aromatic N) is 1. The van der Waals surface area contributed by atoms with Gasteiger partial charge in [-0.3, -0.25) is 4.79 Å². The minimum atomic E-state index is -0.0483. The molecule has 1 aromatic rings. The first-order chi connectivity index (χ1) is 7.50. The molecular formula is C12H16N2O2. The number of hydrogen-bond acceptors (Lipinski definition) is 3. The average molecular weight is 220 g/mol. The summed E-state index contributed by atoms with van der Waals surface area (Å²) < 4.78 is 5.36. The first kappa shape index (κ1) is 10.8. The molecule has 0 fully saturated rings. The third kappa shape index (κ3) is 1.60. The molecule has 0 atom stereocenters. The second-order valence-corrected chi connectivity index (χ2v) is 4.35. The largest absolute Gasteiger partial charge is 0.479 e. The summed E-state index contributed by atoms with van der Waals surface area (Å²) in [7, 11) is 1.74. The van der Waals surface area contributed by atoms with Crippen LogP contribution in [0.4, 0.5) is 11.4 Å². The fraction of sp³-hybridized carbons (Fsp3) is 0.417. The normalized spacial score (nSPS) is 15.0. The molecule has 0 aromatic heterocycles. The van der Waals surface area contributed by atoms with Gasteiger partial charge in [0.05, 0.1) is 11.4 Å². The van der Waals surface area contributed by atoms with Crippen molar-refractivity contribution in [3.8, 4) is 5.75 Å². The number of amides is 1. The van der Waals surface area contributed by atoms with Crippen molar-refractivity contribution in [2.75, 3.05) is 24.3 Å². The third-order valence-electron chi connectivity index (χ3n) is 2.86. The third-order valence-corrected chi connectivity index (χ3v) is 2.86. The topological polar surface area (TPSA) is 55.6 Å². The van der Waals surface area contributed by atoms with Crippen LogP contribution in [0.25, 0.3) is 0 Å². The molecule has 0 saturated heterocycles. The second-order valence-electron chi connectivity index (χ2n) is 4.35. The van der Waals surface area contributed by atoms with Crippen LogP contribution >= 0.6 is 0 Å². The average Bonchev–Trinajstić information content (AvgIpc) is 2.23. The van der Waals surface area contributed by atoms with Crippen LogP contribution in [0.15, 0.2) is 12.1 Å². The summed E-state index contributed by atoms with van der Waals surface area (Å²) in [5.74, 6) is 0.942. The van der Waals surface area contributed by atoms with Crippen molar-refractivity contribution in [2.45, 2.75) is 19.8 Å². The Hall–Kier alpha value is -1.71. The van der Waals surface area contributed by atoms with Crippen LogP contribution in [0.5, 0.6) is 5.75 Å². The van der Waals surface area contributed by atoms with E-state index in [1.54, 1.807) is 11.9 Å². The van der Waals surface area contributed by atoms with Crippen LogP contribution in [0.3, 0.4) is 0 Å². The predicted octanol–water partition coefficient (Wildman–Crippen LogP) is 1.75. The summed E-state index contributed by atoms with van der Waals surface area (Å²) >= 11 is 0. The molecule has 0 spiro atoms. The summed E-state index contributed by atoms with van der Waals surface area (Å²) in [5, 5.41) is 0. The van der Waals surface area contributed by atoms with E-state index in [0.717, 1.165) is 11.3 Å². The van der Waals surface area contributed by atoms with Gasteiger partial charge in [0.1, 0.15) is 0 Å². The Labute approximate surface area is 95.0 Å². The Kier molecular flexibility index (Phi) is 2.50. The van der Waals surface area contributed by atoms with Gasteiger partial charge in [0, 0.05) is 7.05 Å². The zero-order valence-electron chi connectivity index (χ0n) is 9.78. The quantitative estimate of drug-likeness (QED) is 0.733. The number of carbonyl (C=O) groups is 1. The van der Waals surface area contributed by atoms with Crippen molar-refractivity contribution in [3.05, 3.63) is 17.7 Å². The van der Waals surface area contributed by atoms with Gasteiger partial charge in [-0.05, 0) is 23.6 Å². The van der Waals surface area contributed by atoms with Gasteiger partial charge in [0.2, 0.25) is 0 Å². The molecule has 1 aliphatic heterocycles. The highest BCUT2D eigenvalue weighted by atomic mass is 16.5. The van der Waals surface area contributed by atoms with Crippen molar-refractivity contribution in [1.29, 1.82) is 0 Å². The minimum Gasteiger partial charge on any atom is -0.479 e. The zero-order valence-corrected chi connectivity index (χ0v) is 9.78. The lowest BCUT2D eigenvalue weighted by atomic mass is 10.0. The molecular weight excluding hydrogens is 204 g/mol. The molecule has 0 saturated carbocycles. The van der Waals surface area contributed by atoms with Crippen molar-refractivity contribution in [2.24, 2.45) is 0 Å². The van der Waals surface area contributed by atoms with Gasteiger partial charge in [0.15, 0.2) is 12.4 Å². The van der Waals surface area contributed by atoms with Crippen LogP contribution in [0.1, 0.15) is 25.3 Å². The van der Waals surface area contributed by atoms with Crippen LogP contribution in [-0.4, -0.2) is 19.6 Å². The first-order valence-corrected chi connectivity index (χ1v) is 5.33. The van der Waals surface area contributed by atoms with E-state index in [0.29, 0.717) is 17.4 Å². The Morgan fingerprint density at radius 2 is 2.12 bits per heavy atom. The van der Waals surface area contributed by atoms with E-state index in [4.69, 9.17) is 10.5 Å². The van der Waals surface area contributed by atoms with Crippen molar-refractivity contribution < 1.29 is 9.53 Å². The number of ether oxygens (including phenoxy) is 1. The number of rotatable bonds is 1. The number of nitrogens with two attached hydrogens (primary N) is 1. The molecule has 4 nitrogen and oxygen atoms in total. The van der Waals surface area contributed by atoms with Gasteiger partial charge < -0.3 is 15.4 Å². The van der Waals surface area contributed by atoms with Crippen LogP contribution in [-0.2, 0) is 4.79 Å². The van der Waals surface area contributed by atoms with E-state index in [2.05, 4.69) is 13.8 Å². The molecule has 2 N–H and O–H groups in total. The predicted molar refractivity (Wildman–Crippen MR) is 63.8 cm³/mol. The summed E-state index contributed by atoms with van der Waals surface area (Å²) in [4.78, 5) is 13.1. The van der Waals surface area contributed by atoms with Gasteiger partial charge in [-0.1, -0.05) is 13.8 Å². The van der Waals surface area contributed by atoms with E-state index in [1.807, 2.05) is 12.1 Å². The van der Waals surface area contributed by atoms with Gasteiger partial charge in [-0.15, -0.1) is 0 Å². The number of carbonyl (C=O) groups excluding carboxylic acids is 1. The smallest absolute Gasteiger partial charge is 0.264 e. The molecule has 1 amide bonds. The Balaban J connectivity index is 2.56. The molecule has 1 aliphatic rings. The number of hydrogen-bond donors (Lipinski definition) is 1. The van der Waals surface area contributed by atoms with Gasteiger partial charge in [-0.2, -0.15) is 0 Å². The van der Waals surface area contributed by atoms with Crippen LogP contribution in [0.2, 0.25) is 0 Å². The number of fused-ring (bicyclic) bond motifs is 1. The van der Waals surface area contributed by atoms with Crippen LogP contribution in [0, 0.1) is 0 Å². The maximum absolute atomic E-state index is 11.5. The van der Waals surface area contributed by atoms with Crippen molar-refractivity contribution in [1.82, 2.24) is 0 Å².